The standard InChI is InChI=1S/C42H67NO9/c1-27-11-7-6-8-12-28(2)38(47)25-35-19-14-31(5)42(50,52-35)26-40(48)43-20-10-9-13-36(43)41(49)51-39(24-34(45)23-37(46)29(3)21-27)30(4)22-32-15-17-33(44)18-16-32/h6-8,11-12,27,29-36,38-39,44-45,47,50H,9-10,13-26H2,1-5H3/b8-6+,11-7+,28-12+/t27-,29-,30-,31-,32?,33?,34-,35+,36+,38+,39?,42+/m1/s1. The van der Waals surface area contributed by atoms with Gasteiger partial charge in [0.25, 0.3) is 0 Å². The maximum Gasteiger partial charge on any atom is 0.329 e. The number of nitrogens with zero attached hydrogens (tertiary/aromatic N) is 1. The van der Waals surface area contributed by atoms with Gasteiger partial charge in [-0.05, 0) is 101 Å². The van der Waals surface area contributed by atoms with Crippen LogP contribution >= 0.6 is 0 Å². The molecule has 0 aromatic carbocycles. The van der Waals surface area contributed by atoms with E-state index in [2.05, 4.69) is 6.92 Å². The van der Waals surface area contributed by atoms with Crippen LogP contribution in [0.1, 0.15) is 131 Å². The van der Waals surface area contributed by atoms with Crippen LogP contribution in [0.25, 0.3) is 0 Å². The number of amides is 1. The van der Waals surface area contributed by atoms with E-state index in [0.29, 0.717) is 38.1 Å². The molecule has 3 aliphatic heterocycles. The Morgan fingerprint density at radius 1 is 0.885 bits per heavy atom. The van der Waals surface area contributed by atoms with Crippen LogP contribution in [-0.4, -0.2) is 91.9 Å². The van der Waals surface area contributed by atoms with Crippen molar-refractivity contribution >= 4 is 17.7 Å². The number of aliphatic hydroxyl groups excluding tert-OH is 3. The topological polar surface area (TPSA) is 154 Å². The predicted molar refractivity (Wildman–Crippen MR) is 200 cm³/mol. The van der Waals surface area contributed by atoms with Crippen LogP contribution in [0.3, 0.4) is 0 Å². The van der Waals surface area contributed by atoms with Crippen LogP contribution in [0.15, 0.2) is 36.0 Å². The highest BCUT2D eigenvalue weighted by Crippen LogP contribution is 2.38. The third kappa shape index (κ3) is 12.3. The summed E-state index contributed by atoms with van der Waals surface area (Å²) < 4.78 is 12.5. The van der Waals surface area contributed by atoms with Crippen molar-refractivity contribution in [2.24, 2.45) is 29.6 Å². The number of fused-ring (bicyclic) bond motifs is 3. The van der Waals surface area contributed by atoms with E-state index in [4.69, 9.17) is 9.47 Å². The van der Waals surface area contributed by atoms with Crippen molar-refractivity contribution in [2.75, 3.05) is 6.54 Å². The summed E-state index contributed by atoms with van der Waals surface area (Å²) in [6, 6.07) is -0.829. The van der Waals surface area contributed by atoms with E-state index in [0.717, 1.165) is 50.5 Å². The van der Waals surface area contributed by atoms with Crippen molar-refractivity contribution in [3.8, 4) is 0 Å². The Morgan fingerprint density at radius 3 is 2.35 bits per heavy atom. The number of Topliss-reactive ketones (excluding diaryl/α,β-unsaturated/α-hetero) is 1. The first-order valence-electron chi connectivity index (χ1n) is 20.1. The number of esters is 1. The molecule has 1 unspecified atom stereocenters. The summed E-state index contributed by atoms with van der Waals surface area (Å²) in [4.78, 5) is 42.8. The van der Waals surface area contributed by atoms with Crippen molar-refractivity contribution in [3.05, 3.63) is 36.0 Å². The molecule has 10 heteroatoms. The van der Waals surface area contributed by atoms with Gasteiger partial charge in [-0.3, -0.25) is 9.59 Å². The van der Waals surface area contributed by atoms with E-state index in [1.165, 1.54) is 4.90 Å². The molecule has 2 bridgehead atoms. The zero-order valence-corrected chi connectivity index (χ0v) is 32.3. The number of ether oxygens (including phenoxy) is 2. The van der Waals surface area contributed by atoms with Gasteiger partial charge < -0.3 is 34.8 Å². The average molecular weight is 730 g/mol. The predicted octanol–water partition coefficient (Wildman–Crippen LogP) is 5.95. The van der Waals surface area contributed by atoms with Gasteiger partial charge in [0.15, 0.2) is 5.79 Å². The third-order valence-electron chi connectivity index (χ3n) is 12.2. The molecule has 3 heterocycles. The van der Waals surface area contributed by atoms with Gasteiger partial charge in [-0.15, -0.1) is 0 Å². The molecule has 10 nitrogen and oxygen atoms in total. The highest BCUT2D eigenvalue weighted by molar-refractivity contribution is 5.85. The Bertz CT molecular complexity index is 1270. The second-order valence-electron chi connectivity index (χ2n) is 16.8. The van der Waals surface area contributed by atoms with E-state index >= 15 is 0 Å². The Hall–Kier alpha value is -2.37. The number of carbonyl (C=O) groups excluding carboxylic acids is 3. The number of rotatable bonds is 3. The van der Waals surface area contributed by atoms with Crippen molar-refractivity contribution in [2.45, 2.75) is 173 Å². The van der Waals surface area contributed by atoms with Crippen LogP contribution in [0, 0.1) is 29.6 Å². The number of cyclic esters (lactones) is 1. The fraction of sp³-hybridized carbons (Fsp3) is 0.786. The van der Waals surface area contributed by atoms with Gasteiger partial charge in [0.05, 0.1) is 30.8 Å². The molecule has 1 amide bonds. The summed E-state index contributed by atoms with van der Waals surface area (Å²) in [6.45, 7) is 10.0. The maximum atomic E-state index is 14.0. The molecule has 0 aromatic rings. The minimum absolute atomic E-state index is 0.0356. The zero-order valence-electron chi connectivity index (χ0n) is 32.3. The fourth-order valence-electron chi connectivity index (χ4n) is 8.61. The summed E-state index contributed by atoms with van der Waals surface area (Å²) in [5, 5.41) is 44.0. The number of hydrogen-bond donors (Lipinski definition) is 4. The molecular formula is C42H67NO9. The molecule has 2 saturated heterocycles. The van der Waals surface area contributed by atoms with Crippen molar-refractivity contribution in [1.29, 1.82) is 0 Å². The van der Waals surface area contributed by atoms with Gasteiger partial charge in [-0.2, -0.15) is 0 Å². The van der Waals surface area contributed by atoms with Gasteiger partial charge in [-0.1, -0.05) is 58.1 Å². The van der Waals surface area contributed by atoms with Crippen LogP contribution in [0.2, 0.25) is 0 Å². The number of aliphatic hydroxyl groups is 4. The molecule has 3 fully saturated rings. The third-order valence-corrected chi connectivity index (χ3v) is 12.2. The van der Waals surface area contributed by atoms with Crippen LogP contribution in [0.5, 0.6) is 0 Å². The van der Waals surface area contributed by atoms with Crippen LogP contribution in [-0.2, 0) is 23.9 Å². The molecule has 1 aliphatic carbocycles. The van der Waals surface area contributed by atoms with E-state index in [-0.39, 0.29) is 67.1 Å². The lowest BCUT2D eigenvalue weighted by atomic mass is 9.79. The molecule has 4 aliphatic rings. The Labute approximate surface area is 311 Å². The van der Waals surface area contributed by atoms with E-state index in [1.54, 1.807) is 0 Å². The van der Waals surface area contributed by atoms with Gasteiger partial charge in [0.2, 0.25) is 5.91 Å². The number of allylic oxidation sites excluding steroid dienone is 5. The molecule has 0 aromatic heterocycles. The van der Waals surface area contributed by atoms with Gasteiger partial charge in [0.1, 0.15) is 17.9 Å². The molecule has 294 valence electrons. The molecule has 4 N–H and O–H groups in total. The lowest BCUT2D eigenvalue weighted by Crippen LogP contribution is -2.54. The smallest absolute Gasteiger partial charge is 0.329 e. The van der Waals surface area contributed by atoms with E-state index in [9.17, 15) is 34.8 Å². The highest BCUT2D eigenvalue weighted by atomic mass is 16.6. The number of carbonyl (C=O) groups is 3. The fourth-order valence-corrected chi connectivity index (χ4v) is 8.61. The first kappa shape index (κ1) is 42.4. The summed E-state index contributed by atoms with van der Waals surface area (Å²) in [5.74, 6) is -2.89. The first-order valence-corrected chi connectivity index (χ1v) is 20.1. The average Bonchev–Trinajstić information content (AvgIpc) is 3.09. The van der Waals surface area contributed by atoms with E-state index < -0.39 is 42.2 Å². The minimum Gasteiger partial charge on any atom is -0.460 e. The minimum atomic E-state index is -1.74. The van der Waals surface area contributed by atoms with Crippen LogP contribution < -0.4 is 0 Å². The first-order chi connectivity index (χ1) is 24.6. The van der Waals surface area contributed by atoms with E-state index in [1.807, 2.05) is 58.1 Å². The lowest BCUT2D eigenvalue weighted by Gasteiger charge is -2.44. The van der Waals surface area contributed by atoms with Crippen molar-refractivity contribution in [1.82, 2.24) is 4.90 Å². The molecule has 1 saturated carbocycles. The second kappa shape index (κ2) is 19.8. The molecule has 0 radical (unpaired) electrons. The Morgan fingerprint density at radius 2 is 1.62 bits per heavy atom. The Kier molecular flexibility index (Phi) is 16.1. The van der Waals surface area contributed by atoms with Gasteiger partial charge >= 0.3 is 5.97 Å². The molecular weight excluding hydrogens is 662 g/mol. The summed E-state index contributed by atoms with van der Waals surface area (Å²) in [7, 11) is 0. The SMILES string of the molecule is C\C1=C/C=C/C=C/[C@@H](C)C[C@@H](C)C(=O)C[C@@H](O)CC([C@H](C)CC2CCC(O)CC2)OC(=O)[C@@H]2CCCCN2C(=O)C[C@]2(O)O[C@@H](CC[C@H]2C)C[C@@H]1O. The largest absolute Gasteiger partial charge is 0.460 e. The normalized spacial score (nSPS) is 41.3. The maximum absolute atomic E-state index is 14.0. The summed E-state index contributed by atoms with van der Waals surface area (Å²) in [6.07, 6.45) is 14.3. The second-order valence-corrected chi connectivity index (χ2v) is 16.8. The molecule has 0 spiro atoms. The van der Waals surface area contributed by atoms with Gasteiger partial charge in [0, 0.05) is 37.6 Å². The zero-order chi connectivity index (χ0) is 38.0. The van der Waals surface area contributed by atoms with Crippen molar-refractivity contribution < 1.29 is 44.3 Å². The summed E-state index contributed by atoms with van der Waals surface area (Å²) >= 11 is 0. The highest BCUT2D eigenvalue weighted by Gasteiger charge is 2.46. The quantitative estimate of drug-likeness (QED) is 0.258. The van der Waals surface area contributed by atoms with Gasteiger partial charge in [-0.25, -0.2) is 4.79 Å². The molecule has 4 rings (SSSR count). The monoisotopic (exact) mass is 729 g/mol. The van der Waals surface area contributed by atoms with Crippen LogP contribution in [0.4, 0.5) is 0 Å². The lowest BCUT2D eigenvalue weighted by molar-refractivity contribution is -0.283. The number of ketones is 1. The molecule has 52 heavy (non-hydrogen) atoms. The molecule has 10 atom stereocenters. The number of piperidine rings is 1. The number of hydrogen-bond acceptors (Lipinski definition) is 9. The Balaban J connectivity index is 1.58. The van der Waals surface area contributed by atoms with Crippen molar-refractivity contribution in [3.63, 3.8) is 0 Å². The summed E-state index contributed by atoms with van der Waals surface area (Å²) in [5.41, 5.74) is 0.752.